The number of carbonyl (C=O) groups is 1. The van der Waals surface area contributed by atoms with E-state index in [1.165, 1.54) is 15.8 Å². The van der Waals surface area contributed by atoms with E-state index in [0.29, 0.717) is 28.2 Å². The number of hydrogen-bond acceptors (Lipinski definition) is 5. The summed E-state index contributed by atoms with van der Waals surface area (Å²) < 4.78 is 55.5. The maximum absolute atomic E-state index is 14.0. The predicted molar refractivity (Wildman–Crippen MR) is 128 cm³/mol. The van der Waals surface area contributed by atoms with Crippen molar-refractivity contribution in [3.63, 3.8) is 0 Å². The number of halogens is 2. The Kier molecular flexibility index (Phi) is 6.10. The minimum absolute atomic E-state index is 0.0553. The number of para-hydroxylation sites is 1. The first-order valence-corrected chi connectivity index (χ1v) is 12.5. The summed E-state index contributed by atoms with van der Waals surface area (Å²) >= 11 is 0. The van der Waals surface area contributed by atoms with Crippen LogP contribution in [0.2, 0.25) is 0 Å². The van der Waals surface area contributed by atoms with Gasteiger partial charge in [0.2, 0.25) is 10.0 Å². The summed E-state index contributed by atoms with van der Waals surface area (Å²) in [5, 5.41) is 0.478. The Morgan fingerprint density at radius 2 is 1.58 bits per heavy atom. The van der Waals surface area contributed by atoms with Crippen LogP contribution >= 0.6 is 0 Å². The molecule has 0 radical (unpaired) electrons. The number of nitrogens with zero attached hydrogens (tertiary/aromatic N) is 4. The third kappa shape index (κ3) is 4.27. The first-order valence-electron chi connectivity index (χ1n) is 11.1. The van der Waals surface area contributed by atoms with Crippen LogP contribution in [0.25, 0.3) is 16.6 Å². The number of sulfonamides is 1. The van der Waals surface area contributed by atoms with E-state index in [1.807, 2.05) is 0 Å². The van der Waals surface area contributed by atoms with Crippen LogP contribution < -0.4 is 5.56 Å². The van der Waals surface area contributed by atoms with E-state index in [1.54, 1.807) is 48.5 Å². The van der Waals surface area contributed by atoms with Gasteiger partial charge in [0.25, 0.3) is 11.5 Å². The standard InChI is InChI=1S/C25H20F2N4O4S/c26-18-7-10-21(27)23(15-18)36(34,35)30-13-11-29(12-14-30)24(32)17-5-8-19(9-6-17)31-16-28-22-4-2-1-3-20(22)25(31)33/h1-10,15-16H,11-14H2. The lowest BCUT2D eigenvalue weighted by atomic mass is 10.1. The van der Waals surface area contributed by atoms with Gasteiger partial charge in [-0.1, -0.05) is 12.1 Å². The lowest BCUT2D eigenvalue weighted by Crippen LogP contribution is -2.50. The molecule has 0 saturated carbocycles. The highest BCUT2D eigenvalue weighted by molar-refractivity contribution is 7.89. The van der Waals surface area contributed by atoms with Gasteiger partial charge in [-0.15, -0.1) is 0 Å². The Morgan fingerprint density at radius 3 is 2.31 bits per heavy atom. The fraction of sp³-hybridized carbons (Fsp3) is 0.160. The molecule has 0 unspecified atom stereocenters. The molecule has 1 saturated heterocycles. The minimum Gasteiger partial charge on any atom is -0.336 e. The lowest BCUT2D eigenvalue weighted by Gasteiger charge is -2.34. The second-order valence-corrected chi connectivity index (χ2v) is 10.2. The average molecular weight is 511 g/mol. The zero-order valence-corrected chi connectivity index (χ0v) is 19.7. The van der Waals surface area contributed by atoms with Crippen LogP contribution in [0, 0.1) is 11.6 Å². The van der Waals surface area contributed by atoms with Crippen LogP contribution in [0.15, 0.2) is 82.7 Å². The van der Waals surface area contributed by atoms with Crippen molar-refractivity contribution in [2.75, 3.05) is 26.2 Å². The number of fused-ring (bicyclic) bond motifs is 1. The van der Waals surface area contributed by atoms with Gasteiger partial charge >= 0.3 is 0 Å². The summed E-state index contributed by atoms with van der Waals surface area (Å²) in [6, 6.07) is 15.7. The van der Waals surface area contributed by atoms with E-state index in [9.17, 15) is 26.8 Å². The van der Waals surface area contributed by atoms with Gasteiger partial charge in [-0.2, -0.15) is 4.31 Å². The molecule has 1 aromatic heterocycles. The molecule has 0 aliphatic carbocycles. The van der Waals surface area contributed by atoms with Crippen molar-refractivity contribution in [3.8, 4) is 5.69 Å². The highest BCUT2D eigenvalue weighted by Crippen LogP contribution is 2.22. The number of carbonyl (C=O) groups excluding carboxylic acids is 1. The van der Waals surface area contributed by atoms with Crippen molar-refractivity contribution in [3.05, 3.63) is 101 Å². The number of amides is 1. The number of hydrogen-bond donors (Lipinski definition) is 0. The molecule has 1 fully saturated rings. The molecular formula is C25H20F2N4O4S. The van der Waals surface area contributed by atoms with Crippen LogP contribution in [0.4, 0.5) is 8.78 Å². The van der Waals surface area contributed by atoms with E-state index in [4.69, 9.17) is 0 Å². The summed E-state index contributed by atoms with van der Waals surface area (Å²) in [6.45, 7) is 0.0656. The molecule has 1 amide bonds. The fourth-order valence-corrected chi connectivity index (χ4v) is 5.64. The van der Waals surface area contributed by atoms with Crippen molar-refractivity contribution in [1.29, 1.82) is 0 Å². The molecule has 11 heteroatoms. The monoisotopic (exact) mass is 510 g/mol. The normalized spacial score (nSPS) is 14.8. The maximum Gasteiger partial charge on any atom is 0.265 e. The smallest absolute Gasteiger partial charge is 0.265 e. The summed E-state index contributed by atoms with van der Waals surface area (Å²) in [5.74, 6) is -2.19. The minimum atomic E-state index is -4.24. The molecule has 1 aliphatic heterocycles. The van der Waals surface area contributed by atoms with Gasteiger partial charge < -0.3 is 4.90 Å². The lowest BCUT2D eigenvalue weighted by molar-refractivity contribution is 0.0697. The number of benzene rings is 3. The Balaban J connectivity index is 1.30. The molecule has 0 atom stereocenters. The molecular weight excluding hydrogens is 490 g/mol. The van der Waals surface area contributed by atoms with Crippen LogP contribution in [0.3, 0.4) is 0 Å². The summed E-state index contributed by atoms with van der Waals surface area (Å²) in [6.07, 6.45) is 1.43. The van der Waals surface area contributed by atoms with E-state index < -0.39 is 26.6 Å². The number of rotatable bonds is 4. The van der Waals surface area contributed by atoms with E-state index in [2.05, 4.69) is 4.98 Å². The molecule has 36 heavy (non-hydrogen) atoms. The van der Waals surface area contributed by atoms with E-state index in [0.717, 1.165) is 16.4 Å². The third-order valence-electron chi connectivity index (χ3n) is 6.09. The average Bonchev–Trinajstić information content (AvgIpc) is 2.90. The van der Waals surface area contributed by atoms with E-state index in [-0.39, 0.29) is 37.6 Å². The quantitative estimate of drug-likeness (QED) is 0.421. The highest BCUT2D eigenvalue weighted by atomic mass is 32.2. The van der Waals surface area contributed by atoms with Gasteiger partial charge in [0, 0.05) is 31.7 Å². The first-order chi connectivity index (χ1) is 17.3. The highest BCUT2D eigenvalue weighted by Gasteiger charge is 2.32. The molecule has 4 aromatic rings. The predicted octanol–water partition coefficient (Wildman–Crippen LogP) is 2.81. The molecule has 8 nitrogen and oxygen atoms in total. The van der Waals surface area contributed by atoms with Crippen LogP contribution in [0.5, 0.6) is 0 Å². The van der Waals surface area contributed by atoms with Gasteiger partial charge in [0.1, 0.15) is 22.9 Å². The zero-order chi connectivity index (χ0) is 25.4. The molecule has 2 heterocycles. The Bertz CT molecular complexity index is 1630. The number of aromatic nitrogens is 2. The van der Waals surface area contributed by atoms with Gasteiger partial charge in [-0.05, 0) is 54.6 Å². The van der Waals surface area contributed by atoms with Crippen LogP contribution in [-0.2, 0) is 10.0 Å². The van der Waals surface area contributed by atoms with Gasteiger partial charge in [-0.3, -0.25) is 14.2 Å². The van der Waals surface area contributed by atoms with Crippen LogP contribution in [0.1, 0.15) is 10.4 Å². The maximum atomic E-state index is 14.0. The SMILES string of the molecule is O=C(c1ccc(-n2cnc3ccccc3c2=O)cc1)N1CCN(S(=O)(=O)c2cc(F)ccc2F)CC1. The molecule has 3 aromatic carbocycles. The fourth-order valence-electron chi connectivity index (χ4n) is 4.15. The molecule has 0 spiro atoms. The van der Waals surface area contributed by atoms with Gasteiger partial charge in [0.15, 0.2) is 0 Å². The topological polar surface area (TPSA) is 92.6 Å². The molecule has 5 rings (SSSR count). The Morgan fingerprint density at radius 1 is 0.889 bits per heavy atom. The zero-order valence-electron chi connectivity index (χ0n) is 18.8. The molecule has 0 bridgehead atoms. The third-order valence-corrected chi connectivity index (χ3v) is 8.01. The number of piperazine rings is 1. The molecule has 1 aliphatic rings. The second-order valence-electron chi connectivity index (χ2n) is 8.25. The Labute approximate surface area is 205 Å². The van der Waals surface area contributed by atoms with Crippen molar-refractivity contribution in [2.24, 2.45) is 0 Å². The Hall–Kier alpha value is -3.96. The van der Waals surface area contributed by atoms with Crippen molar-refractivity contribution in [1.82, 2.24) is 18.8 Å². The van der Waals surface area contributed by atoms with Crippen molar-refractivity contribution >= 4 is 26.8 Å². The summed E-state index contributed by atoms with van der Waals surface area (Å²) in [4.78, 5) is 30.8. The second kappa shape index (κ2) is 9.25. The molecule has 184 valence electrons. The largest absolute Gasteiger partial charge is 0.336 e. The van der Waals surface area contributed by atoms with Crippen LogP contribution in [-0.4, -0.2) is 59.3 Å². The summed E-state index contributed by atoms with van der Waals surface area (Å²) in [5.41, 5.74) is 1.27. The van der Waals surface area contributed by atoms with Crippen molar-refractivity contribution in [2.45, 2.75) is 4.90 Å². The first kappa shape index (κ1) is 23.8. The summed E-state index contributed by atoms with van der Waals surface area (Å²) in [7, 11) is -4.24. The van der Waals surface area contributed by atoms with Gasteiger partial charge in [-0.25, -0.2) is 22.2 Å². The van der Waals surface area contributed by atoms with Crippen molar-refractivity contribution < 1.29 is 22.0 Å². The molecule has 0 N–H and O–H groups in total. The van der Waals surface area contributed by atoms with Gasteiger partial charge in [0.05, 0.1) is 16.6 Å². The van der Waals surface area contributed by atoms with E-state index >= 15 is 0 Å².